The van der Waals surface area contributed by atoms with Crippen molar-refractivity contribution in [3.8, 4) is 0 Å². The van der Waals surface area contributed by atoms with Crippen molar-refractivity contribution < 1.29 is 0 Å². The summed E-state index contributed by atoms with van der Waals surface area (Å²) < 4.78 is 0. The monoisotopic (exact) mass is 231 g/mol. The molecule has 94 valence electrons. The van der Waals surface area contributed by atoms with E-state index in [1.807, 2.05) is 0 Å². The first-order valence-electron chi connectivity index (χ1n) is 7.08. The van der Waals surface area contributed by atoms with Crippen molar-refractivity contribution in [2.24, 2.45) is 0 Å². The molecule has 0 spiro atoms. The molecule has 1 saturated carbocycles. The quantitative estimate of drug-likeness (QED) is 0.762. The zero-order valence-electron chi connectivity index (χ0n) is 11.2. The van der Waals surface area contributed by atoms with E-state index in [-0.39, 0.29) is 0 Å². The van der Waals surface area contributed by atoms with Crippen molar-refractivity contribution in [3.63, 3.8) is 0 Å². The van der Waals surface area contributed by atoms with Crippen LogP contribution < -0.4 is 5.32 Å². The first kappa shape index (κ1) is 12.6. The second-order valence-corrected chi connectivity index (χ2v) is 5.49. The molecule has 0 aromatic heterocycles. The van der Waals surface area contributed by atoms with Crippen LogP contribution in [-0.2, 0) is 0 Å². The Hall–Kier alpha value is -0.820. The summed E-state index contributed by atoms with van der Waals surface area (Å²) in [5.74, 6) is 0. The van der Waals surface area contributed by atoms with E-state index in [0.717, 1.165) is 6.04 Å². The number of hydrogen-bond donors (Lipinski definition) is 1. The van der Waals surface area contributed by atoms with Crippen molar-refractivity contribution in [3.05, 3.63) is 35.4 Å². The largest absolute Gasteiger partial charge is 0.307 e. The van der Waals surface area contributed by atoms with Crippen LogP contribution in [0.25, 0.3) is 0 Å². The van der Waals surface area contributed by atoms with E-state index in [2.05, 4.69) is 43.4 Å². The molecule has 0 amide bonds. The maximum Gasteiger partial charge on any atom is 0.0294 e. The Balaban J connectivity index is 1.91. The topological polar surface area (TPSA) is 12.0 Å². The van der Waals surface area contributed by atoms with E-state index < -0.39 is 0 Å². The van der Waals surface area contributed by atoms with E-state index >= 15 is 0 Å². The van der Waals surface area contributed by atoms with Crippen molar-refractivity contribution in [2.75, 3.05) is 0 Å². The number of hydrogen-bond acceptors (Lipinski definition) is 1. The summed E-state index contributed by atoms with van der Waals surface area (Å²) in [7, 11) is 0. The lowest BCUT2D eigenvalue weighted by Crippen LogP contribution is -2.31. The van der Waals surface area contributed by atoms with Gasteiger partial charge in [-0.25, -0.2) is 0 Å². The molecular formula is C16H25N. The third-order valence-electron chi connectivity index (χ3n) is 3.92. The molecule has 0 radical (unpaired) electrons. The predicted octanol–water partition coefficient (Wildman–Crippen LogP) is 4.37. The van der Waals surface area contributed by atoms with Gasteiger partial charge in [-0.1, -0.05) is 55.5 Å². The van der Waals surface area contributed by atoms with Crippen LogP contribution in [0.1, 0.15) is 62.6 Å². The van der Waals surface area contributed by atoms with Gasteiger partial charge in [0, 0.05) is 12.1 Å². The van der Waals surface area contributed by atoms with Gasteiger partial charge < -0.3 is 5.32 Å². The van der Waals surface area contributed by atoms with Crippen LogP contribution in [0.3, 0.4) is 0 Å². The number of benzene rings is 1. The summed E-state index contributed by atoms with van der Waals surface area (Å²) >= 11 is 0. The molecule has 0 aliphatic heterocycles. The molecule has 0 bridgehead atoms. The lowest BCUT2D eigenvalue weighted by molar-refractivity contribution is 0.414. The van der Waals surface area contributed by atoms with Gasteiger partial charge in [0.05, 0.1) is 0 Å². The summed E-state index contributed by atoms with van der Waals surface area (Å²) in [4.78, 5) is 0. The van der Waals surface area contributed by atoms with Gasteiger partial charge in [-0.15, -0.1) is 0 Å². The highest BCUT2D eigenvalue weighted by atomic mass is 14.9. The van der Waals surface area contributed by atoms with E-state index in [1.54, 1.807) is 0 Å². The highest BCUT2D eigenvalue weighted by Gasteiger charge is 2.15. The van der Waals surface area contributed by atoms with Crippen LogP contribution in [-0.4, -0.2) is 6.04 Å². The van der Waals surface area contributed by atoms with E-state index in [0.29, 0.717) is 6.04 Å². The Morgan fingerprint density at radius 1 is 1.00 bits per heavy atom. The van der Waals surface area contributed by atoms with Crippen LogP contribution in [0, 0.1) is 6.92 Å². The molecule has 1 atom stereocenters. The first-order valence-corrected chi connectivity index (χ1v) is 7.08. The molecule has 2 rings (SSSR count). The minimum absolute atomic E-state index is 0.485. The minimum atomic E-state index is 0.485. The predicted molar refractivity (Wildman–Crippen MR) is 74.2 cm³/mol. The molecule has 0 heterocycles. The summed E-state index contributed by atoms with van der Waals surface area (Å²) in [6.07, 6.45) is 8.37. The molecule has 1 heteroatoms. The third kappa shape index (κ3) is 3.85. The molecule has 1 fully saturated rings. The Labute approximate surface area is 106 Å². The second kappa shape index (κ2) is 6.20. The molecular weight excluding hydrogens is 206 g/mol. The zero-order valence-corrected chi connectivity index (χ0v) is 11.2. The van der Waals surface area contributed by atoms with Gasteiger partial charge in [-0.3, -0.25) is 0 Å². The molecule has 1 aromatic rings. The molecule has 17 heavy (non-hydrogen) atoms. The van der Waals surface area contributed by atoms with Crippen LogP contribution in [0.15, 0.2) is 24.3 Å². The first-order chi connectivity index (χ1) is 8.25. The normalized spacial score (nSPS) is 19.9. The molecule has 0 saturated heterocycles. The average Bonchev–Trinajstić information content (AvgIpc) is 2.58. The van der Waals surface area contributed by atoms with Gasteiger partial charge in [0.2, 0.25) is 0 Å². The van der Waals surface area contributed by atoms with Gasteiger partial charge in [0.1, 0.15) is 0 Å². The number of aryl methyl sites for hydroxylation is 1. The van der Waals surface area contributed by atoms with Gasteiger partial charge >= 0.3 is 0 Å². The van der Waals surface area contributed by atoms with Gasteiger partial charge in [0.25, 0.3) is 0 Å². The summed E-state index contributed by atoms with van der Waals surface area (Å²) in [5.41, 5.74) is 2.76. The average molecular weight is 231 g/mol. The fraction of sp³-hybridized carbons (Fsp3) is 0.625. The van der Waals surface area contributed by atoms with E-state index in [9.17, 15) is 0 Å². The van der Waals surface area contributed by atoms with Crippen molar-refractivity contribution in [1.29, 1.82) is 0 Å². The van der Waals surface area contributed by atoms with Gasteiger partial charge in [-0.05, 0) is 32.3 Å². The van der Waals surface area contributed by atoms with Crippen molar-refractivity contribution in [1.82, 2.24) is 5.32 Å². The van der Waals surface area contributed by atoms with Crippen LogP contribution >= 0.6 is 0 Å². The number of rotatable bonds is 3. The minimum Gasteiger partial charge on any atom is -0.307 e. The summed E-state index contributed by atoms with van der Waals surface area (Å²) in [5, 5.41) is 3.79. The number of nitrogens with one attached hydrogen (secondary N) is 1. The maximum absolute atomic E-state index is 3.79. The Morgan fingerprint density at radius 3 is 2.18 bits per heavy atom. The van der Waals surface area contributed by atoms with Crippen LogP contribution in [0.2, 0.25) is 0 Å². The SMILES string of the molecule is Cc1ccc([C@@H](C)NC2CCCCCC2)cc1. The fourth-order valence-electron chi connectivity index (χ4n) is 2.75. The molecule has 1 aliphatic carbocycles. The standard InChI is InChI=1S/C16H25N/c1-13-9-11-15(12-10-13)14(2)17-16-7-5-3-4-6-8-16/h9-12,14,16-17H,3-8H2,1-2H3/t14-/m1/s1. The third-order valence-corrected chi connectivity index (χ3v) is 3.92. The second-order valence-electron chi connectivity index (χ2n) is 5.49. The Kier molecular flexibility index (Phi) is 4.61. The maximum atomic E-state index is 3.79. The summed E-state index contributed by atoms with van der Waals surface area (Å²) in [6.45, 7) is 4.43. The Morgan fingerprint density at radius 2 is 1.59 bits per heavy atom. The highest BCUT2D eigenvalue weighted by Crippen LogP contribution is 2.21. The van der Waals surface area contributed by atoms with Crippen LogP contribution in [0.4, 0.5) is 0 Å². The fourth-order valence-corrected chi connectivity index (χ4v) is 2.75. The highest BCUT2D eigenvalue weighted by molar-refractivity contribution is 5.23. The van der Waals surface area contributed by atoms with Gasteiger partial charge in [-0.2, -0.15) is 0 Å². The van der Waals surface area contributed by atoms with Crippen molar-refractivity contribution in [2.45, 2.75) is 64.5 Å². The molecule has 1 aliphatic rings. The molecule has 1 N–H and O–H groups in total. The molecule has 1 aromatic carbocycles. The lowest BCUT2D eigenvalue weighted by atomic mass is 10.0. The van der Waals surface area contributed by atoms with Gasteiger partial charge in [0.15, 0.2) is 0 Å². The van der Waals surface area contributed by atoms with Crippen LogP contribution in [0.5, 0.6) is 0 Å². The molecule has 0 unspecified atom stereocenters. The van der Waals surface area contributed by atoms with Crippen molar-refractivity contribution >= 4 is 0 Å². The molecule has 1 nitrogen and oxygen atoms in total. The summed E-state index contributed by atoms with van der Waals surface area (Å²) in [6, 6.07) is 10.1. The van der Waals surface area contributed by atoms with E-state index in [4.69, 9.17) is 0 Å². The van der Waals surface area contributed by atoms with E-state index in [1.165, 1.54) is 49.7 Å². The smallest absolute Gasteiger partial charge is 0.0294 e. The Bertz CT molecular complexity index is 320. The lowest BCUT2D eigenvalue weighted by Gasteiger charge is -2.22. The zero-order chi connectivity index (χ0) is 12.1.